The van der Waals surface area contributed by atoms with Crippen LogP contribution in [0, 0.1) is 0 Å². The summed E-state index contributed by atoms with van der Waals surface area (Å²) in [5.74, 6) is -0.313. The molecule has 0 radical (unpaired) electrons. The van der Waals surface area contributed by atoms with Gasteiger partial charge in [-0.3, -0.25) is 9.59 Å². The van der Waals surface area contributed by atoms with Crippen molar-refractivity contribution >= 4 is 5.91 Å². The number of rotatable bonds is 2. The molecule has 2 aliphatic heterocycles. The SMILES string of the molecule is O=C(c1ccn(CC(F)(F)F)c(=O)c1)N1CCC2(CC1)Cc1ccccc1CN2. The van der Waals surface area contributed by atoms with E-state index >= 15 is 0 Å². The zero-order valence-electron chi connectivity index (χ0n) is 15.8. The molecule has 29 heavy (non-hydrogen) atoms. The summed E-state index contributed by atoms with van der Waals surface area (Å²) in [5, 5.41) is 3.63. The van der Waals surface area contributed by atoms with Gasteiger partial charge in [-0.15, -0.1) is 0 Å². The number of pyridine rings is 1. The number of piperidine rings is 1. The third-order valence-corrected chi connectivity index (χ3v) is 5.90. The lowest BCUT2D eigenvalue weighted by Crippen LogP contribution is -2.57. The highest BCUT2D eigenvalue weighted by Crippen LogP contribution is 2.32. The first kappa shape index (κ1) is 19.7. The van der Waals surface area contributed by atoms with Crippen LogP contribution in [0.3, 0.4) is 0 Å². The van der Waals surface area contributed by atoms with E-state index in [1.54, 1.807) is 4.90 Å². The Bertz CT molecular complexity index is 976. The van der Waals surface area contributed by atoms with E-state index in [0.717, 1.165) is 38.1 Å². The second-order valence-corrected chi connectivity index (χ2v) is 7.87. The maximum Gasteiger partial charge on any atom is 0.406 e. The number of aromatic nitrogens is 1. The molecular weight excluding hydrogens is 383 g/mol. The van der Waals surface area contributed by atoms with Crippen LogP contribution >= 0.6 is 0 Å². The van der Waals surface area contributed by atoms with Crippen LogP contribution in [0.2, 0.25) is 0 Å². The van der Waals surface area contributed by atoms with Crippen molar-refractivity contribution in [2.24, 2.45) is 0 Å². The fraction of sp³-hybridized carbons (Fsp3) is 0.429. The molecule has 1 amide bonds. The molecule has 8 heteroatoms. The summed E-state index contributed by atoms with van der Waals surface area (Å²) in [5.41, 5.74) is 1.90. The van der Waals surface area contributed by atoms with Gasteiger partial charge in [0.1, 0.15) is 6.54 Å². The molecule has 3 heterocycles. The van der Waals surface area contributed by atoms with Crippen molar-refractivity contribution in [3.63, 3.8) is 0 Å². The third kappa shape index (κ3) is 4.22. The van der Waals surface area contributed by atoms with Crippen LogP contribution in [0.25, 0.3) is 0 Å². The highest BCUT2D eigenvalue weighted by atomic mass is 19.4. The highest BCUT2D eigenvalue weighted by Gasteiger charge is 2.38. The normalized spacial score (nSPS) is 18.5. The number of benzene rings is 1. The Balaban J connectivity index is 1.42. The standard InChI is InChI=1S/C21H22F3N3O2/c22-21(23,24)14-27-8-5-15(11-18(27)28)19(29)26-9-6-20(7-10-26)12-16-3-1-2-4-17(16)13-25-20/h1-5,8,11,25H,6-7,9-10,12-14H2. The van der Waals surface area contributed by atoms with Crippen molar-refractivity contribution < 1.29 is 18.0 Å². The van der Waals surface area contributed by atoms with Crippen LogP contribution in [0.1, 0.15) is 34.3 Å². The van der Waals surface area contributed by atoms with Crippen LogP contribution in [0.5, 0.6) is 0 Å². The predicted molar refractivity (Wildman–Crippen MR) is 102 cm³/mol. The Labute approximate surface area is 166 Å². The van der Waals surface area contributed by atoms with Crippen molar-refractivity contribution in [2.45, 2.75) is 44.1 Å². The fourth-order valence-corrected chi connectivity index (χ4v) is 4.25. The quantitative estimate of drug-likeness (QED) is 0.836. The Hall–Kier alpha value is -2.61. The largest absolute Gasteiger partial charge is 0.406 e. The molecule has 154 valence electrons. The smallest absolute Gasteiger partial charge is 0.339 e. The van der Waals surface area contributed by atoms with E-state index < -0.39 is 18.3 Å². The molecule has 2 aromatic rings. The molecule has 0 aliphatic carbocycles. The first-order valence-corrected chi connectivity index (χ1v) is 9.63. The van der Waals surface area contributed by atoms with E-state index in [2.05, 4.69) is 17.4 Å². The number of hydrogen-bond donors (Lipinski definition) is 1. The topological polar surface area (TPSA) is 54.3 Å². The Kier molecular flexibility index (Phi) is 4.98. The third-order valence-electron chi connectivity index (χ3n) is 5.90. The van der Waals surface area contributed by atoms with Gasteiger partial charge in [-0.2, -0.15) is 13.2 Å². The minimum absolute atomic E-state index is 0.0404. The van der Waals surface area contributed by atoms with Crippen molar-refractivity contribution in [3.8, 4) is 0 Å². The summed E-state index contributed by atoms with van der Waals surface area (Å²) in [6, 6.07) is 10.6. The monoisotopic (exact) mass is 405 g/mol. The second kappa shape index (κ2) is 7.33. The molecule has 1 aromatic carbocycles. The van der Waals surface area contributed by atoms with Crippen LogP contribution < -0.4 is 10.9 Å². The number of alkyl halides is 3. The Morgan fingerprint density at radius 2 is 1.79 bits per heavy atom. The first-order chi connectivity index (χ1) is 13.7. The zero-order valence-corrected chi connectivity index (χ0v) is 15.8. The van der Waals surface area contributed by atoms with Crippen molar-refractivity contribution in [3.05, 3.63) is 69.6 Å². The number of likely N-dealkylation sites (tertiary alicyclic amines) is 1. The van der Waals surface area contributed by atoms with Gasteiger partial charge >= 0.3 is 6.18 Å². The van der Waals surface area contributed by atoms with Crippen LogP contribution in [-0.4, -0.2) is 40.2 Å². The fourth-order valence-electron chi connectivity index (χ4n) is 4.25. The van der Waals surface area contributed by atoms with Gasteiger partial charge in [-0.25, -0.2) is 0 Å². The average molecular weight is 405 g/mol. The van der Waals surface area contributed by atoms with E-state index in [-0.39, 0.29) is 17.0 Å². The molecule has 1 fully saturated rings. The van der Waals surface area contributed by atoms with E-state index in [1.807, 2.05) is 12.1 Å². The predicted octanol–water partition coefficient (Wildman–Crippen LogP) is 2.73. The zero-order chi connectivity index (χ0) is 20.6. The number of nitrogens with one attached hydrogen (secondary N) is 1. The number of fused-ring (bicyclic) bond motifs is 1. The molecule has 0 bridgehead atoms. The van der Waals surface area contributed by atoms with Crippen LogP contribution in [0.15, 0.2) is 47.4 Å². The molecule has 0 atom stereocenters. The number of amides is 1. The number of carbonyl (C=O) groups excluding carboxylic acids is 1. The van der Waals surface area contributed by atoms with Gasteiger partial charge in [0.05, 0.1) is 0 Å². The maximum atomic E-state index is 12.8. The van der Waals surface area contributed by atoms with Crippen LogP contribution in [0.4, 0.5) is 13.2 Å². The van der Waals surface area contributed by atoms with Gasteiger partial charge in [0.15, 0.2) is 0 Å². The minimum Gasteiger partial charge on any atom is -0.339 e. The highest BCUT2D eigenvalue weighted by molar-refractivity contribution is 5.94. The van der Waals surface area contributed by atoms with Crippen LogP contribution in [-0.2, 0) is 19.5 Å². The molecule has 2 aliphatic rings. The Morgan fingerprint density at radius 1 is 1.10 bits per heavy atom. The van der Waals surface area contributed by atoms with Crippen molar-refractivity contribution in [1.29, 1.82) is 0 Å². The lowest BCUT2D eigenvalue weighted by molar-refractivity contribution is -0.141. The van der Waals surface area contributed by atoms with Gasteiger partial charge in [0.25, 0.3) is 11.5 Å². The Morgan fingerprint density at radius 3 is 2.45 bits per heavy atom. The molecule has 1 N–H and O–H groups in total. The first-order valence-electron chi connectivity index (χ1n) is 9.63. The van der Waals surface area contributed by atoms with Gasteiger partial charge in [-0.05, 0) is 36.5 Å². The van der Waals surface area contributed by atoms with E-state index in [9.17, 15) is 22.8 Å². The second-order valence-electron chi connectivity index (χ2n) is 7.87. The lowest BCUT2D eigenvalue weighted by Gasteiger charge is -2.45. The van der Waals surface area contributed by atoms with Gasteiger partial charge < -0.3 is 14.8 Å². The molecule has 1 saturated heterocycles. The summed E-state index contributed by atoms with van der Waals surface area (Å²) in [4.78, 5) is 26.4. The molecule has 1 aromatic heterocycles. The van der Waals surface area contributed by atoms with Gasteiger partial charge in [0.2, 0.25) is 0 Å². The summed E-state index contributed by atoms with van der Waals surface area (Å²) < 4.78 is 38.1. The molecular formula is C21H22F3N3O2. The van der Waals surface area contributed by atoms with Crippen molar-refractivity contribution in [2.75, 3.05) is 13.1 Å². The van der Waals surface area contributed by atoms with E-state index in [0.29, 0.717) is 17.7 Å². The summed E-state index contributed by atoms with van der Waals surface area (Å²) in [6.07, 6.45) is -0.953. The van der Waals surface area contributed by atoms with Gasteiger partial charge in [0, 0.05) is 43.0 Å². The molecule has 5 nitrogen and oxygen atoms in total. The number of halogens is 3. The van der Waals surface area contributed by atoms with E-state index in [1.165, 1.54) is 17.2 Å². The van der Waals surface area contributed by atoms with E-state index in [4.69, 9.17) is 0 Å². The van der Waals surface area contributed by atoms with Crippen molar-refractivity contribution in [1.82, 2.24) is 14.8 Å². The maximum absolute atomic E-state index is 12.8. The molecule has 0 unspecified atom stereocenters. The minimum atomic E-state index is -4.48. The number of nitrogens with zero attached hydrogens (tertiary/aromatic N) is 2. The summed E-state index contributed by atoms with van der Waals surface area (Å²) in [6.45, 7) is 0.528. The molecule has 1 spiro atoms. The average Bonchev–Trinajstić information content (AvgIpc) is 2.68. The molecule has 4 rings (SSSR count). The molecule has 0 saturated carbocycles. The lowest BCUT2D eigenvalue weighted by atomic mass is 9.78. The number of carbonyl (C=O) groups is 1. The summed E-state index contributed by atoms with van der Waals surface area (Å²) in [7, 11) is 0. The number of hydrogen-bond acceptors (Lipinski definition) is 3. The van der Waals surface area contributed by atoms with Gasteiger partial charge in [-0.1, -0.05) is 24.3 Å². The summed E-state index contributed by atoms with van der Waals surface area (Å²) >= 11 is 0.